The van der Waals surface area contributed by atoms with Crippen LogP contribution in [0.15, 0.2) is 84.9 Å². The van der Waals surface area contributed by atoms with Gasteiger partial charge >= 0.3 is 5.97 Å². The van der Waals surface area contributed by atoms with Crippen molar-refractivity contribution in [1.82, 2.24) is 0 Å². The summed E-state index contributed by atoms with van der Waals surface area (Å²) >= 11 is 0. The molecule has 3 aromatic carbocycles. The smallest absolute Gasteiger partial charge is 0.338 e. The molecule has 0 saturated heterocycles. The predicted octanol–water partition coefficient (Wildman–Crippen LogP) is 4.27. The molecule has 0 aliphatic rings. The molecule has 5 heteroatoms. The molecule has 1 amide bonds. The summed E-state index contributed by atoms with van der Waals surface area (Å²) in [4.78, 5) is 23.7. The van der Waals surface area contributed by atoms with E-state index in [1.807, 2.05) is 30.3 Å². The van der Waals surface area contributed by atoms with Gasteiger partial charge in [0, 0.05) is 5.69 Å². The highest BCUT2D eigenvalue weighted by Gasteiger charge is 2.10. The van der Waals surface area contributed by atoms with Gasteiger partial charge in [0.05, 0.1) is 5.56 Å². The molecule has 0 spiro atoms. The summed E-state index contributed by atoms with van der Waals surface area (Å²) in [6.07, 6.45) is 0. The first-order valence-electron chi connectivity index (χ1n) is 8.06. The highest BCUT2D eigenvalue weighted by molar-refractivity contribution is 5.95. The second kappa shape index (κ2) is 8.48. The highest BCUT2D eigenvalue weighted by atomic mass is 16.5. The van der Waals surface area contributed by atoms with Crippen molar-refractivity contribution in [2.24, 2.45) is 0 Å². The fourth-order valence-electron chi connectivity index (χ4n) is 2.22. The van der Waals surface area contributed by atoms with Crippen LogP contribution in [0.2, 0.25) is 0 Å². The van der Waals surface area contributed by atoms with E-state index < -0.39 is 11.9 Å². The quantitative estimate of drug-likeness (QED) is 0.676. The molecule has 0 aromatic heterocycles. The summed E-state index contributed by atoms with van der Waals surface area (Å²) in [7, 11) is 0. The third-order valence-electron chi connectivity index (χ3n) is 3.46. The molecule has 130 valence electrons. The van der Waals surface area contributed by atoms with Crippen LogP contribution in [0.5, 0.6) is 11.5 Å². The van der Waals surface area contributed by atoms with Gasteiger partial charge in [-0.3, -0.25) is 4.79 Å². The monoisotopic (exact) mass is 347 g/mol. The Bertz CT molecular complexity index is 862. The molecule has 0 saturated carbocycles. The van der Waals surface area contributed by atoms with Gasteiger partial charge in [-0.2, -0.15) is 0 Å². The minimum Gasteiger partial charge on any atom is -0.457 e. The van der Waals surface area contributed by atoms with Crippen LogP contribution in [0.1, 0.15) is 10.4 Å². The first kappa shape index (κ1) is 17.2. The van der Waals surface area contributed by atoms with Crippen LogP contribution in [0, 0.1) is 0 Å². The van der Waals surface area contributed by atoms with Gasteiger partial charge in [0.25, 0.3) is 5.91 Å². The lowest BCUT2D eigenvalue weighted by atomic mass is 10.2. The zero-order valence-corrected chi connectivity index (χ0v) is 13.9. The number of carbonyl (C=O) groups excluding carboxylic acids is 2. The Labute approximate surface area is 151 Å². The predicted molar refractivity (Wildman–Crippen MR) is 98.3 cm³/mol. The van der Waals surface area contributed by atoms with Gasteiger partial charge in [0.15, 0.2) is 6.61 Å². The third-order valence-corrected chi connectivity index (χ3v) is 3.46. The molecule has 0 unspecified atom stereocenters. The zero-order chi connectivity index (χ0) is 18.2. The summed E-state index contributed by atoms with van der Waals surface area (Å²) < 4.78 is 10.7. The lowest BCUT2D eigenvalue weighted by molar-refractivity contribution is -0.119. The van der Waals surface area contributed by atoms with E-state index in [1.165, 1.54) is 0 Å². The minimum absolute atomic E-state index is 0.351. The second-order valence-corrected chi connectivity index (χ2v) is 5.43. The molecule has 0 bridgehead atoms. The number of hydrogen-bond donors (Lipinski definition) is 1. The standard InChI is InChI=1S/C21H17NO4/c23-20(15-25-21(24)16-7-3-1-4-8-16)22-17-11-13-19(14-12-17)26-18-9-5-2-6-10-18/h1-14H,15H2,(H,22,23). The largest absolute Gasteiger partial charge is 0.457 e. The van der Waals surface area contributed by atoms with Crippen molar-refractivity contribution >= 4 is 17.6 Å². The van der Waals surface area contributed by atoms with E-state index in [2.05, 4.69) is 5.32 Å². The van der Waals surface area contributed by atoms with E-state index in [0.717, 1.165) is 5.75 Å². The van der Waals surface area contributed by atoms with Crippen LogP contribution in [0.25, 0.3) is 0 Å². The number of hydrogen-bond acceptors (Lipinski definition) is 4. The average molecular weight is 347 g/mol. The molecule has 0 heterocycles. The van der Waals surface area contributed by atoms with Crippen LogP contribution in [-0.4, -0.2) is 18.5 Å². The molecule has 3 aromatic rings. The maximum Gasteiger partial charge on any atom is 0.338 e. The minimum atomic E-state index is -0.535. The summed E-state index contributed by atoms with van der Waals surface area (Å²) in [6, 6.07) is 24.9. The second-order valence-electron chi connectivity index (χ2n) is 5.43. The fraction of sp³-hybridized carbons (Fsp3) is 0.0476. The van der Waals surface area contributed by atoms with Crippen molar-refractivity contribution in [3.8, 4) is 11.5 Å². The maximum atomic E-state index is 11.9. The van der Waals surface area contributed by atoms with Gasteiger partial charge in [-0.05, 0) is 48.5 Å². The Kier molecular flexibility index (Phi) is 5.62. The number of amides is 1. The third kappa shape index (κ3) is 4.95. The maximum absolute atomic E-state index is 11.9. The van der Waals surface area contributed by atoms with Crippen molar-refractivity contribution in [3.63, 3.8) is 0 Å². The van der Waals surface area contributed by atoms with E-state index in [1.54, 1.807) is 54.6 Å². The van der Waals surface area contributed by atoms with E-state index in [-0.39, 0.29) is 6.61 Å². The van der Waals surface area contributed by atoms with E-state index >= 15 is 0 Å². The number of anilines is 1. The Hall–Kier alpha value is -3.60. The molecule has 0 aliphatic carbocycles. The van der Waals surface area contributed by atoms with E-state index in [9.17, 15) is 9.59 Å². The number of esters is 1. The van der Waals surface area contributed by atoms with Gasteiger partial charge in [-0.1, -0.05) is 36.4 Å². The van der Waals surface area contributed by atoms with Gasteiger partial charge in [0.1, 0.15) is 11.5 Å². The molecule has 3 rings (SSSR count). The Morgan fingerprint density at radius 1 is 0.731 bits per heavy atom. The van der Waals surface area contributed by atoms with Crippen LogP contribution in [0.4, 0.5) is 5.69 Å². The molecular weight excluding hydrogens is 330 g/mol. The number of carbonyl (C=O) groups is 2. The highest BCUT2D eigenvalue weighted by Crippen LogP contribution is 2.22. The van der Waals surface area contributed by atoms with Gasteiger partial charge in [-0.15, -0.1) is 0 Å². The van der Waals surface area contributed by atoms with Crippen LogP contribution in [-0.2, 0) is 9.53 Å². The Morgan fingerprint density at radius 2 is 1.31 bits per heavy atom. The number of benzene rings is 3. The summed E-state index contributed by atoms with van der Waals surface area (Å²) in [5, 5.41) is 2.67. The molecule has 0 aliphatic heterocycles. The Balaban J connectivity index is 1.49. The van der Waals surface area contributed by atoms with Crippen LogP contribution < -0.4 is 10.1 Å². The van der Waals surface area contributed by atoms with Crippen LogP contribution in [0.3, 0.4) is 0 Å². The number of para-hydroxylation sites is 1. The normalized spacial score (nSPS) is 10.0. The topological polar surface area (TPSA) is 64.6 Å². The molecule has 0 fully saturated rings. The van der Waals surface area contributed by atoms with Crippen molar-refractivity contribution in [3.05, 3.63) is 90.5 Å². The van der Waals surface area contributed by atoms with Gasteiger partial charge in [0.2, 0.25) is 0 Å². The lowest BCUT2D eigenvalue weighted by Crippen LogP contribution is -2.20. The average Bonchev–Trinajstić information content (AvgIpc) is 2.69. The van der Waals surface area contributed by atoms with Crippen molar-refractivity contribution < 1.29 is 19.1 Å². The van der Waals surface area contributed by atoms with E-state index in [4.69, 9.17) is 9.47 Å². The van der Waals surface area contributed by atoms with Crippen molar-refractivity contribution in [1.29, 1.82) is 0 Å². The van der Waals surface area contributed by atoms with E-state index in [0.29, 0.717) is 17.0 Å². The SMILES string of the molecule is O=C(COC(=O)c1ccccc1)Nc1ccc(Oc2ccccc2)cc1. The zero-order valence-electron chi connectivity index (χ0n) is 13.9. The van der Waals surface area contributed by atoms with Crippen LogP contribution >= 0.6 is 0 Å². The van der Waals surface area contributed by atoms with Crippen molar-refractivity contribution in [2.45, 2.75) is 0 Å². The van der Waals surface area contributed by atoms with Gasteiger partial charge < -0.3 is 14.8 Å². The first-order chi connectivity index (χ1) is 12.7. The summed E-state index contributed by atoms with van der Waals surface area (Å²) in [5.41, 5.74) is 0.994. The molecule has 26 heavy (non-hydrogen) atoms. The number of ether oxygens (including phenoxy) is 2. The lowest BCUT2D eigenvalue weighted by Gasteiger charge is -2.08. The molecule has 5 nitrogen and oxygen atoms in total. The summed E-state index contributed by atoms with van der Waals surface area (Å²) in [5.74, 6) is 0.445. The van der Waals surface area contributed by atoms with Crippen molar-refractivity contribution in [2.75, 3.05) is 11.9 Å². The first-order valence-corrected chi connectivity index (χ1v) is 8.06. The fourth-order valence-corrected chi connectivity index (χ4v) is 2.22. The number of nitrogens with one attached hydrogen (secondary N) is 1. The molecule has 0 atom stereocenters. The molecule has 0 radical (unpaired) electrons. The molecule has 1 N–H and O–H groups in total. The Morgan fingerprint density at radius 3 is 1.96 bits per heavy atom. The number of rotatable bonds is 6. The van der Waals surface area contributed by atoms with Gasteiger partial charge in [-0.25, -0.2) is 4.79 Å². The molecular formula is C21H17NO4. The summed E-state index contributed by atoms with van der Waals surface area (Å²) in [6.45, 7) is -0.351.